The van der Waals surface area contributed by atoms with Crippen LogP contribution < -0.4 is 0 Å². The smallest absolute Gasteiger partial charge is 0.348 e. The second-order valence-corrected chi connectivity index (χ2v) is 9.69. The van der Waals surface area contributed by atoms with Gasteiger partial charge in [-0.2, -0.15) is 8.78 Å². The third-order valence-corrected chi connectivity index (χ3v) is 7.05. The molecule has 3 rings (SSSR count). The summed E-state index contributed by atoms with van der Waals surface area (Å²) >= 11 is 1.30. The van der Waals surface area contributed by atoms with Crippen LogP contribution in [-0.2, 0) is 22.4 Å². The minimum Gasteiger partial charge on any atom is -0.465 e. The van der Waals surface area contributed by atoms with Gasteiger partial charge in [0.2, 0.25) is 0 Å². The van der Waals surface area contributed by atoms with E-state index in [9.17, 15) is 23.5 Å². The van der Waals surface area contributed by atoms with Crippen LogP contribution in [-0.4, -0.2) is 53.6 Å². The van der Waals surface area contributed by atoms with E-state index >= 15 is 0 Å². The van der Waals surface area contributed by atoms with Gasteiger partial charge in [-0.1, -0.05) is 48.9 Å². The van der Waals surface area contributed by atoms with E-state index in [1.165, 1.54) is 35.0 Å². The van der Waals surface area contributed by atoms with Crippen molar-refractivity contribution in [2.75, 3.05) is 13.7 Å². The van der Waals surface area contributed by atoms with Crippen LogP contribution in [0.2, 0.25) is 0 Å². The van der Waals surface area contributed by atoms with Crippen LogP contribution in [0.3, 0.4) is 0 Å². The fraction of sp³-hybridized carbons (Fsp3) is 0.462. The summed E-state index contributed by atoms with van der Waals surface area (Å²) in [5.74, 6) is -4.97. The Hall–Kier alpha value is -2.58. The predicted molar refractivity (Wildman–Crippen MR) is 128 cm³/mol. The second-order valence-electron chi connectivity index (χ2n) is 8.52. The highest BCUT2D eigenvalue weighted by molar-refractivity contribution is 7.13. The number of rotatable bonds is 12. The van der Waals surface area contributed by atoms with Crippen LogP contribution in [0.4, 0.5) is 8.78 Å². The van der Waals surface area contributed by atoms with Gasteiger partial charge in [-0.15, -0.1) is 11.3 Å². The summed E-state index contributed by atoms with van der Waals surface area (Å²) in [6.45, 7) is 0.183. The van der Waals surface area contributed by atoms with Crippen molar-refractivity contribution in [3.63, 3.8) is 0 Å². The van der Waals surface area contributed by atoms with Gasteiger partial charge < -0.3 is 14.7 Å². The van der Waals surface area contributed by atoms with Crippen molar-refractivity contribution in [1.82, 2.24) is 4.90 Å². The Balaban J connectivity index is 1.47. The van der Waals surface area contributed by atoms with E-state index in [0.29, 0.717) is 24.1 Å². The highest BCUT2D eigenvalue weighted by atomic mass is 32.1. The number of thiophene rings is 1. The molecule has 184 valence electrons. The molecule has 0 spiro atoms. The molecule has 1 aromatic heterocycles. The minimum atomic E-state index is -3.39. The lowest BCUT2D eigenvalue weighted by Crippen LogP contribution is -2.36. The first-order valence-electron chi connectivity index (χ1n) is 11.6. The van der Waals surface area contributed by atoms with Crippen molar-refractivity contribution >= 4 is 23.2 Å². The largest absolute Gasteiger partial charge is 0.465 e. The van der Waals surface area contributed by atoms with Crippen LogP contribution in [0.15, 0.2) is 54.6 Å². The number of unbranched alkanes of at least 4 members (excludes halogenated alkanes) is 1. The van der Waals surface area contributed by atoms with Gasteiger partial charge >= 0.3 is 11.9 Å². The fourth-order valence-electron chi connectivity index (χ4n) is 4.09. The Kier molecular flexibility index (Phi) is 9.36. The zero-order chi connectivity index (χ0) is 24.6. The predicted octanol–water partition coefficient (Wildman–Crippen LogP) is 5.03. The molecule has 1 saturated heterocycles. The number of amides is 1. The van der Waals surface area contributed by atoms with Gasteiger partial charge in [0.15, 0.2) is 0 Å². The molecule has 1 aliphatic rings. The molecule has 2 aromatic rings. The van der Waals surface area contributed by atoms with Crippen molar-refractivity contribution in [3.8, 4) is 0 Å². The molecule has 0 aliphatic carbocycles. The number of ether oxygens (including phenoxy) is 1. The van der Waals surface area contributed by atoms with E-state index < -0.39 is 36.4 Å². The minimum absolute atomic E-state index is 0.183. The first-order valence-corrected chi connectivity index (χ1v) is 12.4. The fourth-order valence-corrected chi connectivity index (χ4v) is 5.05. The number of methoxy groups -OCH3 is 1. The summed E-state index contributed by atoms with van der Waals surface area (Å²) < 4.78 is 32.9. The van der Waals surface area contributed by atoms with Gasteiger partial charge in [0, 0.05) is 17.8 Å². The van der Waals surface area contributed by atoms with Crippen LogP contribution in [0.1, 0.15) is 52.2 Å². The average molecular weight is 492 g/mol. The normalized spacial score (nSPS) is 18.5. The van der Waals surface area contributed by atoms with Gasteiger partial charge in [-0.05, 0) is 49.8 Å². The summed E-state index contributed by atoms with van der Waals surface area (Å²) in [5, 5.41) is 10.3. The highest BCUT2D eigenvalue weighted by Gasteiger charge is 2.52. The molecule has 8 heteroatoms. The number of aryl methyl sites for hydroxylation is 2. The number of nitrogens with zero attached hydrogens (tertiary/aromatic N) is 1. The van der Waals surface area contributed by atoms with Crippen LogP contribution in [0.25, 0.3) is 0 Å². The number of aliphatic hydroxyl groups excluding tert-OH is 1. The quantitative estimate of drug-likeness (QED) is 0.257. The SMILES string of the molecule is COC(=O)c1ccc(CCCN2C(=O)C(F)(F)C[C@@H]2/C=C/[C@@H](O)CCCCc2ccccc2)s1. The van der Waals surface area contributed by atoms with Gasteiger partial charge in [-0.25, -0.2) is 4.79 Å². The molecule has 1 amide bonds. The molecular weight excluding hydrogens is 460 g/mol. The van der Waals surface area contributed by atoms with E-state index in [4.69, 9.17) is 4.74 Å². The summed E-state index contributed by atoms with van der Waals surface area (Å²) in [7, 11) is 1.32. The average Bonchev–Trinajstić information content (AvgIpc) is 3.38. The maximum absolute atomic E-state index is 14.1. The Morgan fingerprint density at radius 3 is 2.71 bits per heavy atom. The molecule has 1 fully saturated rings. The Labute approximate surface area is 203 Å². The lowest BCUT2D eigenvalue weighted by atomic mass is 10.0. The number of alkyl halides is 2. The van der Waals surface area contributed by atoms with Gasteiger partial charge in [-0.3, -0.25) is 4.79 Å². The number of likely N-dealkylation sites (tertiary alicyclic amines) is 1. The summed E-state index contributed by atoms with van der Waals surface area (Å²) in [5.41, 5.74) is 1.25. The molecule has 1 N–H and O–H groups in total. The topological polar surface area (TPSA) is 66.8 Å². The summed E-state index contributed by atoms with van der Waals surface area (Å²) in [6, 6.07) is 12.8. The van der Waals surface area contributed by atoms with Crippen LogP contribution >= 0.6 is 11.3 Å². The van der Waals surface area contributed by atoms with Crippen molar-refractivity contribution < 1.29 is 28.2 Å². The zero-order valence-corrected chi connectivity index (χ0v) is 20.1. The number of aliphatic hydroxyl groups is 1. The van der Waals surface area contributed by atoms with E-state index in [-0.39, 0.29) is 6.54 Å². The molecule has 2 heterocycles. The van der Waals surface area contributed by atoms with Gasteiger partial charge in [0.05, 0.1) is 19.3 Å². The number of halogens is 2. The third kappa shape index (κ3) is 7.21. The number of benzene rings is 1. The third-order valence-electron chi connectivity index (χ3n) is 5.92. The second kappa shape index (κ2) is 12.2. The maximum Gasteiger partial charge on any atom is 0.348 e. The van der Waals surface area contributed by atoms with E-state index in [1.807, 2.05) is 24.3 Å². The van der Waals surface area contributed by atoms with Crippen LogP contribution in [0, 0.1) is 0 Å². The van der Waals surface area contributed by atoms with E-state index in [0.717, 1.165) is 24.1 Å². The lowest BCUT2D eigenvalue weighted by molar-refractivity contribution is -0.148. The standard InChI is InChI=1S/C26H31F2NO4S/c1-33-24(31)23-16-15-22(34-23)12-7-17-29-20(18-26(27,28)25(29)32)13-14-21(30)11-6-5-10-19-8-3-2-4-9-19/h2-4,8-9,13-16,20-21,30H,5-7,10-12,17-18H2,1H3/b14-13+/t20-,21-/m0/s1. The zero-order valence-electron chi connectivity index (χ0n) is 19.3. The first-order chi connectivity index (χ1) is 16.3. The molecule has 0 unspecified atom stereocenters. The highest BCUT2D eigenvalue weighted by Crippen LogP contribution is 2.34. The number of carbonyl (C=O) groups is 2. The number of hydrogen-bond acceptors (Lipinski definition) is 5. The number of esters is 1. The molecule has 0 radical (unpaired) electrons. The van der Waals surface area contributed by atoms with Gasteiger partial charge in [0.1, 0.15) is 4.88 Å². The van der Waals surface area contributed by atoms with Crippen LogP contribution in [0.5, 0.6) is 0 Å². The Bertz CT molecular complexity index is 976. The molecule has 2 atom stereocenters. The van der Waals surface area contributed by atoms with E-state index in [2.05, 4.69) is 12.1 Å². The Morgan fingerprint density at radius 1 is 1.21 bits per heavy atom. The van der Waals surface area contributed by atoms with E-state index in [1.54, 1.807) is 12.1 Å². The van der Waals surface area contributed by atoms with Crippen molar-refractivity contribution in [2.45, 2.75) is 63.0 Å². The van der Waals surface area contributed by atoms with Crippen molar-refractivity contribution in [3.05, 3.63) is 69.9 Å². The van der Waals surface area contributed by atoms with Crippen molar-refractivity contribution in [1.29, 1.82) is 0 Å². The monoisotopic (exact) mass is 491 g/mol. The lowest BCUT2D eigenvalue weighted by Gasteiger charge is -2.22. The molecule has 0 saturated carbocycles. The van der Waals surface area contributed by atoms with Gasteiger partial charge in [0.25, 0.3) is 5.91 Å². The molecule has 0 bridgehead atoms. The number of carbonyl (C=O) groups excluding carboxylic acids is 2. The first kappa shape index (κ1) is 26.0. The molecule has 34 heavy (non-hydrogen) atoms. The summed E-state index contributed by atoms with van der Waals surface area (Å²) in [4.78, 5) is 26.4. The summed E-state index contributed by atoms with van der Waals surface area (Å²) in [6.07, 6.45) is 6.06. The molecule has 1 aromatic carbocycles. The van der Waals surface area contributed by atoms with Crippen molar-refractivity contribution in [2.24, 2.45) is 0 Å². The molecule has 1 aliphatic heterocycles. The Morgan fingerprint density at radius 2 is 1.97 bits per heavy atom. The number of hydrogen-bond donors (Lipinski definition) is 1. The molecular formula is C26H31F2NO4S. The molecule has 5 nitrogen and oxygen atoms in total. The maximum atomic E-state index is 14.1.